The molecule has 3 N–H and O–H groups in total. The van der Waals surface area contributed by atoms with Gasteiger partial charge in [-0.05, 0) is 6.42 Å². The van der Waals surface area contributed by atoms with Gasteiger partial charge < -0.3 is 20.1 Å². The van der Waals surface area contributed by atoms with Gasteiger partial charge in [0.05, 0.1) is 0 Å². The molecule has 0 amide bonds. The van der Waals surface area contributed by atoms with Crippen LogP contribution >= 0.6 is 0 Å². The van der Waals surface area contributed by atoms with E-state index in [1.165, 1.54) is 0 Å². The molecule has 0 bridgehead atoms. The van der Waals surface area contributed by atoms with Crippen LogP contribution in [0.3, 0.4) is 0 Å². The van der Waals surface area contributed by atoms with Crippen LogP contribution in [0.25, 0.3) is 0 Å². The zero-order valence-corrected chi connectivity index (χ0v) is 6.65. The van der Waals surface area contributed by atoms with Gasteiger partial charge in [-0.1, -0.05) is 6.92 Å². The van der Waals surface area contributed by atoms with Gasteiger partial charge in [0.25, 0.3) is 5.97 Å². The van der Waals surface area contributed by atoms with Gasteiger partial charge in [0.2, 0.25) is 0 Å². The Labute approximate surface area is 65.3 Å². The maximum Gasteiger partial charge on any atom is 0.300 e. The van der Waals surface area contributed by atoms with E-state index in [1.807, 2.05) is 6.79 Å². The van der Waals surface area contributed by atoms with Crippen molar-refractivity contribution in [2.75, 3.05) is 0 Å². The largest absolute Gasteiger partial charge is 0.481 e. The molecule has 0 spiro atoms. The lowest BCUT2D eigenvalue weighted by Crippen LogP contribution is -1.99. The third-order valence-electron chi connectivity index (χ3n) is 0.365. The molecular weight excluding hydrogens is 152 g/mol. The van der Waals surface area contributed by atoms with Gasteiger partial charge in [-0.2, -0.15) is 0 Å². The lowest BCUT2D eigenvalue weighted by atomic mass is 10.5. The molecule has 0 aromatic carbocycles. The Kier molecular flexibility index (Phi) is 24.1. The predicted molar refractivity (Wildman–Crippen MR) is 38.9 cm³/mol. The van der Waals surface area contributed by atoms with Crippen molar-refractivity contribution in [3.05, 3.63) is 0 Å². The fourth-order valence-electron chi connectivity index (χ4n) is 0. The standard InChI is InChI=1S/C3H8O2.C2H4O2.CH2O/c1-2-3(4)5;1-2(3)4;1-2/h3-5H,2H2,1H3;1H3,(H,3,4);1H2. The molecule has 0 saturated carbocycles. The van der Waals surface area contributed by atoms with Crippen LogP contribution in [-0.2, 0) is 9.59 Å². The van der Waals surface area contributed by atoms with E-state index < -0.39 is 12.3 Å². The minimum atomic E-state index is -1.12. The summed E-state index contributed by atoms with van der Waals surface area (Å²) in [6, 6.07) is 0. The molecule has 0 heterocycles. The SMILES string of the molecule is C=O.CC(=O)O.CCC(O)O. The molecule has 0 atom stereocenters. The summed E-state index contributed by atoms with van der Waals surface area (Å²) in [5, 5.41) is 23.2. The monoisotopic (exact) mass is 166 g/mol. The van der Waals surface area contributed by atoms with Crippen LogP contribution in [0.5, 0.6) is 0 Å². The molecule has 0 aromatic heterocycles. The average molecular weight is 166 g/mol. The lowest BCUT2D eigenvalue weighted by molar-refractivity contribution is -0.134. The molecule has 0 aliphatic carbocycles. The highest BCUT2D eigenvalue weighted by atomic mass is 16.5. The molecule has 68 valence electrons. The highest BCUT2D eigenvalue weighted by Gasteiger charge is 1.83. The molecule has 0 aliphatic rings. The summed E-state index contributed by atoms with van der Waals surface area (Å²) in [7, 11) is 0. The summed E-state index contributed by atoms with van der Waals surface area (Å²) in [5.41, 5.74) is 0. The average Bonchev–Trinajstić information content (AvgIpc) is 1.91. The normalized spacial score (nSPS) is 7.00. The first-order valence-electron chi connectivity index (χ1n) is 2.85. The van der Waals surface area contributed by atoms with Crippen molar-refractivity contribution in [3.63, 3.8) is 0 Å². The molecule has 0 aromatic rings. The Morgan fingerprint density at radius 2 is 1.55 bits per heavy atom. The number of carboxylic acid groups (broad SMARTS) is 1. The van der Waals surface area contributed by atoms with E-state index in [0.717, 1.165) is 6.92 Å². The van der Waals surface area contributed by atoms with Crippen LogP contribution < -0.4 is 0 Å². The van der Waals surface area contributed by atoms with Crippen molar-refractivity contribution >= 4 is 12.8 Å². The zero-order chi connectivity index (χ0) is 9.86. The predicted octanol–water partition coefficient (Wildman–Crippen LogP) is -0.387. The third kappa shape index (κ3) is 402. The van der Waals surface area contributed by atoms with Crippen molar-refractivity contribution in [1.82, 2.24) is 0 Å². The molecule has 0 aliphatic heterocycles. The zero-order valence-electron chi connectivity index (χ0n) is 6.65. The molecule has 0 radical (unpaired) electrons. The van der Waals surface area contributed by atoms with E-state index in [2.05, 4.69) is 0 Å². The summed E-state index contributed by atoms with van der Waals surface area (Å²) in [6.07, 6.45) is -0.699. The molecule has 0 unspecified atom stereocenters. The Bertz CT molecular complexity index is 77.0. The Balaban J connectivity index is -0.0000000965. The number of aliphatic hydroxyl groups excluding tert-OH is 1. The van der Waals surface area contributed by atoms with Crippen molar-refractivity contribution in [3.8, 4) is 0 Å². The van der Waals surface area contributed by atoms with Gasteiger partial charge in [0.15, 0.2) is 6.29 Å². The minimum absolute atomic E-state index is 0.417. The summed E-state index contributed by atoms with van der Waals surface area (Å²) in [4.78, 5) is 17.0. The molecular formula is C6H14O5. The van der Waals surface area contributed by atoms with E-state index in [-0.39, 0.29) is 0 Å². The van der Waals surface area contributed by atoms with Gasteiger partial charge in [-0.15, -0.1) is 0 Å². The summed E-state index contributed by atoms with van der Waals surface area (Å²) < 4.78 is 0. The number of rotatable bonds is 1. The van der Waals surface area contributed by atoms with Crippen LogP contribution in [0.2, 0.25) is 0 Å². The van der Waals surface area contributed by atoms with Crippen molar-refractivity contribution in [2.45, 2.75) is 26.6 Å². The quantitative estimate of drug-likeness (QED) is 0.461. The fraction of sp³-hybridized carbons (Fsp3) is 0.667. The minimum Gasteiger partial charge on any atom is -0.481 e. The van der Waals surface area contributed by atoms with Crippen LogP contribution in [0.1, 0.15) is 20.3 Å². The number of hydrogen-bond acceptors (Lipinski definition) is 4. The van der Waals surface area contributed by atoms with E-state index in [4.69, 9.17) is 24.9 Å². The molecule has 5 nitrogen and oxygen atoms in total. The third-order valence-corrected chi connectivity index (χ3v) is 0.365. The van der Waals surface area contributed by atoms with Crippen molar-refractivity contribution < 1.29 is 24.9 Å². The molecule has 0 fully saturated rings. The fourth-order valence-corrected chi connectivity index (χ4v) is 0. The maximum absolute atomic E-state index is 9.00. The number of carboxylic acids is 1. The van der Waals surface area contributed by atoms with E-state index >= 15 is 0 Å². The summed E-state index contributed by atoms with van der Waals surface area (Å²) in [6.45, 7) is 4.78. The smallest absolute Gasteiger partial charge is 0.300 e. The first kappa shape index (κ1) is 16.6. The number of carbonyl (C=O) groups is 2. The lowest BCUT2D eigenvalue weighted by Gasteiger charge is -1.90. The molecule has 11 heavy (non-hydrogen) atoms. The first-order valence-corrected chi connectivity index (χ1v) is 2.85. The molecule has 0 saturated heterocycles. The van der Waals surface area contributed by atoms with Gasteiger partial charge >= 0.3 is 0 Å². The number of carbonyl (C=O) groups excluding carboxylic acids is 1. The number of hydrogen-bond donors (Lipinski definition) is 3. The number of aliphatic carboxylic acids is 1. The van der Waals surface area contributed by atoms with Gasteiger partial charge in [0, 0.05) is 6.92 Å². The van der Waals surface area contributed by atoms with Gasteiger partial charge in [0.1, 0.15) is 6.79 Å². The summed E-state index contributed by atoms with van der Waals surface area (Å²) in [5.74, 6) is -0.833. The van der Waals surface area contributed by atoms with Crippen molar-refractivity contribution in [1.29, 1.82) is 0 Å². The Morgan fingerprint density at radius 3 is 1.55 bits per heavy atom. The number of aliphatic hydroxyl groups is 2. The first-order chi connectivity index (χ1) is 5.00. The second-order valence-corrected chi connectivity index (χ2v) is 1.41. The van der Waals surface area contributed by atoms with Crippen LogP contribution in [0.15, 0.2) is 0 Å². The van der Waals surface area contributed by atoms with E-state index in [0.29, 0.717) is 6.42 Å². The maximum atomic E-state index is 9.00. The summed E-state index contributed by atoms with van der Waals surface area (Å²) >= 11 is 0. The van der Waals surface area contributed by atoms with Crippen LogP contribution in [0.4, 0.5) is 0 Å². The van der Waals surface area contributed by atoms with E-state index in [9.17, 15) is 0 Å². The van der Waals surface area contributed by atoms with Crippen LogP contribution in [-0.4, -0.2) is 34.4 Å². The van der Waals surface area contributed by atoms with Crippen LogP contribution in [0, 0.1) is 0 Å². The topological polar surface area (TPSA) is 94.8 Å². The van der Waals surface area contributed by atoms with Gasteiger partial charge in [-0.25, -0.2) is 0 Å². The van der Waals surface area contributed by atoms with Crippen molar-refractivity contribution in [2.24, 2.45) is 0 Å². The highest BCUT2D eigenvalue weighted by Crippen LogP contribution is 1.77. The molecule has 0 rings (SSSR count). The highest BCUT2D eigenvalue weighted by molar-refractivity contribution is 5.62. The van der Waals surface area contributed by atoms with E-state index in [1.54, 1.807) is 6.92 Å². The Hall–Kier alpha value is -0.940. The second kappa shape index (κ2) is 16.0. The molecule has 5 heteroatoms. The van der Waals surface area contributed by atoms with Gasteiger partial charge in [-0.3, -0.25) is 4.79 Å². The second-order valence-electron chi connectivity index (χ2n) is 1.41. The Morgan fingerprint density at radius 1 is 1.45 bits per heavy atom.